The summed E-state index contributed by atoms with van der Waals surface area (Å²) in [6.45, 7) is 0. The summed E-state index contributed by atoms with van der Waals surface area (Å²) < 4.78 is 1.94. The van der Waals surface area contributed by atoms with Gasteiger partial charge in [-0.05, 0) is 22.0 Å². The molecule has 1 rings (SSSR count). The van der Waals surface area contributed by atoms with E-state index in [4.69, 9.17) is 0 Å². The molecule has 0 unspecified atom stereocenters. The molecule has 0 spiro atoms. The molecule has 1 aromatic rings. The van der Waals surface area contributed by atoms with Crippen molar-refractivity contribution in [2.75, 3.05) is 0 Å². The van der Waals surface area contributed by atoms with Gasteiger partial charge in [0.25, 0.3) is 5.56 Å². The van der Waals surface area contributed by atoms with Crippen molar-refractivity contribution in [1.29, 1.82) is 0 Å². The zero-order valence-electron chi connectivity index (χ0n) is 4.84. The number of hydrogen-bond donors (Lipinski definition) is 0. The Bertz CT molecular complexity index is 268. The lowest BCUT2D eigenvalue weighted by Crippen LogP contribution is -2.17. The maximum Gasteiger partial charge on any atom is 0.266 e. The van der Waals surface area contributed by atoms with Crippen LogP contribution in [0.5, 0.6) is 0 Å². The van der Waals surface area contributed by atoms with Gasteiger partial charge in [0.1, 0.15) is 4.60 Å². The van der Waals surface area contributed by atoms with Gasteiger partial charge in [-0.1, -0.05) is 0 Å². The third-order valence-corrected chi connectivity index (χ3v) is 1.35. The Balaban J connectivity index is 3.34. The lowest BCUT2D eigenvalue weighted by molar-refractivity contribution is 0.697. The summed E-state index contributed by atoms with van der Waals surface area (Å²) in [6, 6.07) is 3.07. The van der Waals surface area contributed by atoms with Gasteiger partial charge >= 0.3 is 0 Å². The van der Waals surface area contributed by atoms with Crippen LogP contribution in [0.3, 0.4) is 0 Å². The van der Waals surface area contributed by atoms with Gasteiger partial charge < -0.3 is 0 Å². The Hall–Kier alpha value is -0.640. The van der Waals surface area contributed by atoms with E-state index >= 15 is 0 Å². The number of halogens is 1. The van der Waals surface area contributed by atoms with Gasteiger partial charge in [0, 0.05) is 13.1 Å². The SMILES string of the molecule is Cn1nc(Br)ccc1=O. The number of aryl methyl sites for hydroxylation is 1. The molecule has 0 amide bonds. The van der Waals surface area contributed by atoms with Crippen molar-refractivity contribution in [3.8, 4) is 0 Å². The zero-order chi connectivity index (χ0) is 6.85. The van der Waals surface area contributed by atoms with Crippen LogP contribution < -0.4 is 5.56 Å². The highest BCUT2D eigenvalue weighted by molar-refractivity contribution is 9.10. The largest absolute Gasteiger partial charge is 0.268 e. The van der Waals surface area contributed by atoms with E-state index in [0.29, 0.717) is 4.60 Å². The number of hydrogen-bond acceptors (Lipinski definition) is 2. The standard InChI is InChI=1S/C5H5BrN2O/c1-8-5(9)3-2-4(6)7-8/h2-3H,1H3. The highest BCUT2D eigenvalue weighted by Gasteiger charge is 1.89. The van der Waals surface area contributed by atoms with Crippen molar-refractivity contribution in [2.24, 2.45) is 7.05 Å². The summed E-state index contributed by atoms with van der Waals surface area (Å²) in [7, 11) is 1.60. The van der Waals surface area contributed by atoms with Crippen LogP contribution in [-0.4, -0.2) is 9.78 Å². The Morgan fingerprint density at radius 3 is 2.78 bits per heavy atom. The maximum atomic E-state index is 10.7. The van der Waals surface area contributed by atoms with Crippen LogP contribution in [0.15, 0.2) is 21.5 Å². The molecular formula is C5H5BrN2O. The molecule has 0 radical (unpaired) electrons. The van der Waals surface area contributed by atoms with Crippen molar-refractivity contribution < 1.29 is 0 Å². The lowest BCUT2D eigenvalue weighted by atomic mass is 10.6. The fourth-order valence-corrected chi connectivity index (χ4v) is 0.844. The Labute approximate surface area is 60.4 Å². The second-order valence-corrected chi connectivity index (χ2v) is 2.43. The first-order valence-corrected chi connectivity index (χ1v) is 3.19. The van der Waals surface area contributed by atoms with E-state index in [9.17, 15) is 4.79 Å². The molecule has 9 heavy (non-hydrogen) atoms. The maximum absolute atomic E-state index is 10.7. The highest BCUT2D eigenvalue weighted by Crippen LogP contribution is 1.98. The van der Waals surface area contributed by atoms with Gasteiger partial charge in [0.15, 0.2) is 0 Å². The fraction of sp³-hybridized carbons (Fsp3) is 0.200. The van der Waals surface area contributed by atoms with E-state index in [0.717, 1.165) is 0 Å². The van der Waals surface area contributed by atoms with Crippen LogP contribution in [0.2, 0.25) is 0 Å². The molecule has 0 bridgehead atoms. The van der Waals surface area contributed by atoms with Crippen LogP contribution in [0, 0.1) is 0 Å². The Morgan fingerprint density at radius 2 is 2.33 bits per heavy atom. The molecule has 0 saturated carbocycles. The minimum Gasteiger partial charge on any atom is -0.268 e. The van der Waals surface area contributed by atoms with Crippen molar-refractivity contribution in [3.63, 3.8) is 0 Å². The quantitative estimate of drug-likeness (QED) is 0.597. The van der Waals surface area contributed by atoms with E-state index < -0.39 is 0 Å². The summed E-state index contributed by atoms with van der Waals surface area (Å²) in [5.74, 6) is 0. The van der Waals surface area contributed by atoms with Gasteiger partial charge in [-0.25, -0.2) is 4.68 Å². The summed E-state index contributed by atoms with van der Waals surface area (Å²) in [5.41, 5.74) is -0.0989. The summed E-state index contributed by atoms with van der Waals surface area (Å²) in [4.78, 5) is 10.7. The van der Waals surface area contributed by atoms with Gasteiger partial charge in [0.2, 0.25) is 0 Å². The third kappa shape index (κ3) is 1.38. The van der Waals surface area contributed by atoms with Crippen LogP contribution in [-0.2, 0) is 7.05 Å². The first kappa shape index (κ1) is 6.48. The molecule has 0 atom stereocenters. The number of rotatable bonds is 0. The predicted octanol–water partition coefficient (Wildman–Crippen LogP) is 0.543. The third-order valence-electron chi connectivity index (χ3n) is 0.928. The molecule has 1 heterocycles. The number of nitrogens with zero attached hydrogens (tertiary/aromatic N) is 2. The van der Waals surface area contributed by atoms with Crippen molar-refractivity contribution in [2.45, 2.75) is 0 Å². The monoisotopic (exact) mass is 188 g/mol. The van der Waals surface area contributed by atoms with E-state index in [1.54, 1.807) is 13.1 Å². The molecule has 0 N–H and O–H groups in total. The normalized spacial score (nSPS) is 9.56. The molecule has 0 aliphatic carbocycles. The summed E-state index contributed by atoms with van der Waals surface area (Å²) in [5, 5.41) is 3.79. The smallest absolute Gasteiger partial charge is 0.266 e. The van der Waals surface area contributed by atoms with E-state index in [-0.39, 0.29) is 5.56 Å². The minimum atomic E-state index is -0.0989. The van der Waals surface area contributed by atoms with E-state index in [1.807, 2.05) is 0 Å². The van der Waals surface area contributed by atoms with Crippen LogP contribution >= 0.6 is 15.9 Å². The molecule has 0 saturated heterocycles. The van der Waals surface area contributed by atoms with Gasteiger partial charge in [-0.3, -0.25) is 4.79 Å². The van der Waals surface area contributed by atoms with Gasteiger partial charge in [-0.2, -0.15) is 5.10 Å². The van der Waals surface area contributed by atoms with Crippen LogP contribution in [0.1, 0.15) is 0 Å². The zero-order valence-corrected chi connectivity index (χ0v) is 6.42. The van der Waals surface area contributed by atoms with Gasteiger partial charge in [-0.15, -0.1) is 0 Å². The Morgan fingerprint density at radius 1 is 1.67 bits per heavy atom. The van der Waals surface area contributed by atoms with E-state index in [1.165, 1.54) is 10.7 Å². The first-order valence-electron chi connectivity index (χ1n) is 2.40. The molecular weight excluding hydrogens is 184 g/mol. The van der Waals surface area contributed by atoms with Crippen molar-refractivity contribution in [1.82, 2.24) is 9.78 Å². The van der Waals surface area contributed by atoms with E-state index in [2.05, 4.69) is 21.0 Å². The molecule has 4 heteroatoms. The van der Waals surface area contributed by atoms with Crippen molar-refractivity contribution in [3.05, 3.63) is 27.1 Å². The second-order valence-electron chi connectivity index (χ2n) is 1.62. The molecule has 0 fully saturated rings. The summed E-state index contributed by atoms with van der Waals surface area (Å²) in [6.07, 6.45) is 0. The topological polar surface area (TPSA) is 34.9 Å². The van der Waals surface area contributed by atoms with Crippen LogP contribution in [0.25, 0.3) is 0 Å². The highest BCUT2D eigenvalue weighted by atomic mass is 79.9. The first-order chi connectivity index (χ1) is 4.20. The van der Waals surface area contributed by atoms with Crippen LogP contribution in [0.4, 0.5) is 0 Å². The average molecular weight is 189 g/mol. The minimum absolute atomic E-state index is 0.0989. The Kier molecular flexibility index (Phi) is 1.66. The molecule has 1 aromatic heterocycles. The molecule has 0 aliphatic rings. The summed E-state index contributed by atoms with van der Waals surface area (Å²) >= 11 is 3.13. The number of aromatic nitrogens is 2. The lowest BCUT2D eigenvalue weighted by Gasteiger charge is -1.92. The second kappa shape index (κ2) is 2.31. The molecule has 0 aromatic carbocycles. The molecule has 48 valence electrons. The average Bonchev–Trinajstić information content (AvgIpc) is 1.80. The fourth-order valence-electron chi connectivity index (χ4n) is 0.474. The molecule has 0 aliphatic heterocycles. The van der Waals surface area contributed by atoms with Crippen molar-refractivity contribution >= 4 is 15.9 Å². The molecule has 3 nitrogen and oxygen atoms in total. The van der Waals surface area contributed by atoms with Gasteiger partial charge in [0.05, 0.1) is 0 Å². The predicted molar refractivity (Wildman–Crippen MR) is 37.2 cm³/mol.